The summed E-state index contributed by atoms with van der Waals surface area (Å²) < 4.78 is 12.8. The van der Waals surface area contributed by atoms with E-state index in [1.165, 1.54) is 6.07 Å². The van der Waals surface area contributed by atoms with Gasteiger partial charge in [0.2, 0.25) is 0 Å². The summed E-state index contributed by atoms with van der Waals surface area (Å²) in [5, 5.41) is 8.51. The number of aryl methyl sites for hydroxylation is 1. The first-order valence-electron chi connectivity index (χ1n) is 3.50. The summed E-state index contributed by atoms with van der Waals surface area (Å²) in [7, 11) is 0. The monoisotopic (exact) mass is 161 g/mol. The number of hydrogen-bond donors (Lipinski definition) is 0. The minimum absolute atomic E-state index is 0.260. The molecule has 0 amide bonds. The number of benzene rings is 1. The highest BCUT2D eigenvalue weighted by Gasteiger charge is 2.00. The van der Waals surface area contributed by atoms with Crippen LogP contribution < -0.4 is 0 Å². The smallest absolute Gasteiger partial charge is 0.126 e. The molecule has 2 heteroatoms. The summed E-state index contributed by atoms with van der Waals surface area (Å²) in [6.45, 7) is 5.19. The average molecular weight is 161 g/mol. The van der Waals surface area contributed by atoms with Crippen LogP contribution in [-0.2, 0) is 0 Å². The Morgan fingerprint density at radius 2 is 2.25 bits per heavy atom. The van der Waals surface area contributed by atoms with Crippen LogP contribution in [0.4, 0.5) is 4.39 Å². The summed E-state index contributed by atoms with van der Waals surface area (Å²) in [4.78, 5) is 0. The summed E-state index contributed by atoms with van der Waals surface area (Å²) >= 11 is 0. The standard InChI is InChI=1S/C10H8FN/c1-7-5-9(8(2)6-12)3-4-10(7)11/h3-5H,2H2,1H3. The molecule has 0 N–H and O–H groups in total. The van der Waals surface area contributed by atoms with Gasteiger partial charge in [-0.15, -0.1) is 0 Å². The largest absolute Gasteiger partial charge is 0.207 e. The average Bonchev–Trinajstić information content (AvgIpc) is 2.08. The molecule has 0 aliphatic carbocycles. The third-order valence-electron chi connectivity index (χ3n) is 1.64. The number of nitrogens with zero attached hydrogens (tertiary/aromatic N) is 1. The van der Waals surface area contributed by atoms with Gasteiger partial charge in [-0.1, -0.05) is 12.6 Å². The van der Waals surface area contributed by atoms with Crippen molar-refractivity contribution >= 4 is 5.57 Å². The van der Waals surface area contributed by atoms with Gasteiger partial charge in [-0.2, -0.15) is 5.26 Å². The molecular weight excluding hydrogens is 153 g/mol. The van der Waals surface area contributed by atoms with Gasteiger partial charge in [-0.3, -0.25) is 0 Å². The van der Waals surface area contributed by atoms with E-state index in [1.807, 2.05) is 6.07 Å². The van der Waals surface area contributed by atoms with E-state index in [0.717, 1.165) is 0 Å². The van der Waals surface area contributed by atoms with Crippen LogP contribution in [0.2, 0.25) is 0 Å². The van der Waals surface area contributed by atoms with Crippen molar-refractivity contribution in [2.45, 2.75) is 6.92 Å². The van der Waals surface area contributed by atoms with Crippen LogP contribution >= 0.6 is 0 Å². The van der Waals surface area contributed by atoms with Gasteiger partial charge in [0, 0.05) is 0 Å². The van der Waals surface area contributed by atoms with E-state index in [4.69, 9.17) is 5.26 Å². The van der Waals surface area contributed by atoms with Gasteiger partial charge in [0.1, 0.15) is 5.82 Å². The number of hydrogen-bond acceptors (Lipinski definition) is 1. The van der Waals surface area contributed by atoms with Crippen LogP contribution in [0.15, 0.2) is 24.8 Å². The first kappa shape index (κ1) is 8.48. The quantitative estimate of drug-likeness (QED) is 0.581. The van der Waals surface area contributed by atoms with E-state index in [0.29, 0.717) is 16.7 Å². The lowest BCUT2D eigenvalue weighted by molar-refractivity contribution is 0.618. The van der Waals surface area contributed by atoms with E-state index in [1.54, 1.807) is 19.1 Å². The zero-order valence-electron chi connectivity index (χ0n) is 6.76. The predicted molar refractivity (Wildman–Crippen MR) is 45.8 cm³/mol. The van der Waals surface area contributed by atoms with Crippen LogP contribution in [0, 0.1) is 24.1 Å². The van der Waals surface area contributed by atoms with Gasteiger partial charge < -0.3 is 0 Å². The number of rotatable bonds is 1. The fourth-order valence-electron chi connectivity index (χ4n) is 0.897. The van der Waals surface area contributed by atoms with E-state index < -0.39 is 0 Å². The molecule has 0 atom stereocenters. The van der Waals surface area contributed by atoms with Crippen molar-refractivity contribution in [2.24, 2.45) is 0 Å². The van der Waals surface area contributed by atoms with Gasteiger partial charge in [0.05, 0.1) is 11.6 Å². The van der Waals surface area contributed by atoms with Crippen LogP contribution in [0.25, 0.3) is 5.57 Å². The highest BCUT2D eigenvalue weighted by molar-refractivity contribution is 5.74. The van der Waals surface area contributed by atoms with E-state index in [2.05, 4.69) is 6.58 Å². The van der Waals surface area contributed by atoms with Crippen LogP contribution in [0.3, 0.4) is 0 Å². The number of halogens is 1. The van der Waals surface area contributed by atoms with Gasteiger partial charge in [-0.05, 0) is 30.2 Å². The van der Waals surface area contributed by atoms with Gasteiger partial charge in [0.25, 0.3) is 0 Å². The molecule has 0 aliphatic rings. The summed E-state index contributed by atoms with van der Waals surface area (Å²) in [5.74, 6) is -0.260. The second-order valence-electron chi connectivity index (χ2n) is 2.55. The molecule has 1 rings (SSSR count). The third-order valence-corrected chi connectivity index (χ3v) is 1.64. The normalized spacial score (nSPS) is 9.08. The van der Waals surface area contributed by atoms with Crippen molar-refractivity contribution in [3.05, 3.63) is 41.7 Å². The molecule has 1 aromatic rings. The molecule has 0 heterocycles. The van der Waals surface area contributed by atoms with Gasteiger partial charge in [-0.25, -0.2) is 4.39 Å². The zero-order chi connectivity index (χ0) is 9.14. The molecule has 0 bridgehead atoms. The second-order valence-corrected chi connectivity index (χ2v) is 2.55. The lowest BCUT2D eigenvalue weighted by atomic mass is 10.1. The first-order chi connectivity index (χ1) is 5.65. The predicted octanol–water partition coefficient (Wildman–Crippen LogP) is 2.67. The number of nitriles is 1. The maximum atomic E-state index is 12.8. The molecular formula is C10H8FN. The van der Waals surface area contributed by atoms with Crippen molar-refractivity contribution in [2.75, 3.05) is 0 Å². The van der Waals surface area contributed by atoms with Gasteiger partial charge >= 0.3 is 0 Å². The zero-order valence-corrected chi connectivity index (χ0v) is 6.76. The lowest BCUT2D eigenvalue weighted by Gasteiger charge is -1.99. The number of allylic oxidation sites excluding steroid dienone is 1. The van der Waals surface area contributed by atoms with Crippen molar-refractivity contribution in [1.29, 1.82) is 5.26 Å². The molecule has 0 aliphatic heterocycles. The Hall–Kier alpha value is -1.62. The lowest BCUT2D eigenvalue weighted by Crippen LogP contribution is -1.85. The van der Waals surface area contributed by atoms with Crippen LogP contribution in [-0.4, -0.2) is 0 Å². The highest BCUT2D eigenvalue weighted by Crippen LogP contribution is 2.15. The molecule has 0 aromatic heterocycles. The topological polar surface area (TPSA) is 23.8 Å². The van der Waals surface area contributed by atoms with Crippen molar-refractivity contribution in [3.63, 3.8) is 0 Å². The molecule has 0 radical (unpaired) electrons. The van der Waals surface area contributed by atoms with Crippen molar-refractivity contribution in [1.82, 2.24) is 0 Å². The maximum absolute atomic E-state index is 12.8. The molecule has 0 unspecified atom stereocenters. The molecule has 60 valence electrons. The minimum atomic E-state index is -0.260. The molecule has 0 spiro atoms. The molecule has 0 fully saturated rings. The SMILES string of the molecule is C=C(C#N)c1ccc(F)c(C)c1. The van der Waals surface area contributed by atoms with E-state index in [-0.39, 0.29) is 5.82 Å². The fourth-order valence-corrected chi connectivity index (χ4v) is 0.897. The van der Waals surface area contributed by atoms with Crippen molar-refractivity contribution in [3.8, 4) is 6.07 Å². The van der Waals surface area contributed by atoms with Gasteiger partial charge in [0.15, 0.2) is 0 Å². The molecule has 12 heavy (non-hydrogen) atoms. The Bertz CT molecular complexity index is 361. The fraction of sp³-hybridized carbons (Fsp3) is 0.100. The first-order valence-corrected chi connectivity index (χ1v) is 3.50. The highest BCUT2D eigenvalue weighted by atomic mass is 19.1. The third kappa shape index (κ3) is 1.51. The van der Waals surface area contributed by atoms with Crippen LogP contribution in [0.1, 0.15) is 11.1 Å². The Balaban J connectivity index is 3.15. The minimum Gasteiger partial charge on any atom is -0.207 e. The Morgan fingerprint density at radius 1 is 1.58 bits per heavy atom. The Kier molecular flexibility index (Phi) is 2.25. The second kappa shape index (κ2) is 3.19. The maximum Gasteiger partial charge on any atom is 0.126 e. The molecule has 1 aromatic carbocycles. The summed E-state index contributed by atoms with van der Waals surface area (Å²) in [6.07, 6.45) is 0. The molecule has 0 saturated carbocycles. The Morgan fingerprint density at radius 3 is 2.75 bits per heavy atom. The van der Waals surface area contributed by atoms with E-state index in [9.17, 15) is 4.39 Å². The Labute approximate surface area is 70.8 Å². The molecule has 0 saturated heterocycles. The van der Waals surface area contributed by atoms with Crippen LogP contribution in [0.5, 0.6) is 0 Å². The van der Waals surface area contributed by atoms with E-state index >= 15 is 0 Å². The van der Waals surface area contributed by atoms with Crippen molar-refractivity contribution < 1.29 is 4.39 Å². The summed E-state index contributed by atoms with van der Waals surface area (Å²) in [5.41, 5.74) is 1.57. The summed E-state index contributed by atoms with van der Waals surface area (Å²) in [6, 6.07) is 6.41. The molecule has 1 nitrogen and oxygen atoms in total.